The molecule has 0 saturated carbocycles. The molecule has 0 atom stereocenters. The number of allylic oxidation sites excluding steroid dienone is 2. The third kappa shape index (κ3) is 2.23. The van der Waals surface area contributed by atoms with Gasteiger partial charge in [-0.05, 0) is 12.3 Å². The maximum absolute atomic E-state index is 4.94. The van der Waals surface area contributed by atoms with E-state index >= 15 is 0 Å². The molecule has 0 saturated heterocycles. The number of rotatable bonds is 3. The van der Waals surface area contributed by atoms with Gasteiger partial charge < -0.3 is 9.64 Å². The zero-order valence-corrected chi connectivity index (χ0v) is 6.29. The molecule has 0 aromatic heterocycles. The van der Waals surface area contributed by atoms with Crippen LogP contribution in [0, 0.1) is 0 Å². The molecule has 0 amide bonds. The van der Waals surface area contributed by atoms with E-state index in [4.69, 9.17) is 4.74 Å². The number of nitrogens with zero attached hydrogens (tertiary/aromatic N) is 1. The molecule has 0 radical (unpaired) electrons. The first-order valence-electron chi connectivity index (χ1n) is 3.50. The lowest BCUT2D eigenvalue weighted by molar-refractivity contribution is 0.173. The van der Waals surface area contributed by atoms with Crippen molar-refractivity contribution in [2.24, 2.45) is 0 Å². The van der Waals surface area contributed by atoms with Crippen molar-refractivity contribution in [2.75, 3.05) is 26.8 Å². The highest BCUT2D eigenvalue weighted by Gasteiger charge is 1.96. The van der Waals surface area contributed by atoms with Gasteiger partial charge in [0.25, 0.3) is 0 Å². The van der Waals surface area contributed by atoms with Crippen LogP contribution in [0.25, 0.3) is 0 Å². The summed E-state index contributed by atoms with van der Waals surface area (Å²) in [5.41, 5.74) is 0. The summed E-state index contributed by atoms with van der Waals surface area (Å²) in [7, 11) is 1.73. The van der Waals surface area contributed by atoms with Crippen molar-refractivity contribution >= 4 is 0 Å². The summed E-state index contributed by atoms with van der Waals surface area (Å²) in [5.74, 6) is 0. The third-order valence-electron chi connectivity index (χ3n) is 1.47. The second-order valence-corrected chi connectivity index (χ2v) is 2.26. The maximum atomic E-state index is 4.94. The Labute approximate surface area is 61.8 Å². The Bertz CT molecular complexity index is 140. The number of methoxy groups -OCH3 is 1. The van der Waals surface area contributed by atoms with Gasteiger partial charge in [-0.1, -0.05) is 12.2 Å². The minimum absolute atomic E-state index is 0.804. The van der Waals surface area contributed by atoms with Crippen LogP contribution < -0.4 is 0 Å². The first-order chi connectivity index (χ1) is 4.93. The number of ether oxygens (including phenoxy) is 1. The van der Waals surface area contributed by atoms with Crippen molar-refractivity contribution in [3.63, 3.8) is 0 Å². The molecule has 0 aromatic carbocycles. The molecular weight excluding hydrogens is 126 g/mol. The fraction of sp³-hybridized carbons (Fsp3) is 0.500. The van der Waals surface area contributed by atoms with Crippen LogP contribution in [0.4, 0.5) is 0 Å². The quantitative estimate of drug-likeness (QED) is 0.578. The first kappa shape index (κ1) is 7.35. The molecule has 0 aliphatic carbocycles. The maximum Gasteiger partial charge on any atom is 0.0637 e. The fourth-order valence-corrected chi connectivity index (χ4v) is 0.881. The van der Waals surface area contributed by atoms with Gasteiger partial charge in [0.05, 0.1) is 6.61 Å². The van der Waals surface area contributed by atoms with E-state index in [1.165, 1.54) is 0 Å². The van der Waals surface area contributed by atoms with Gasteiger partial charge in [-0.25, -0.2) is 0 Å². The lowest BCUT2D eigenvalue weighted by atomic mass is 10.3. The van der Waals surface area contributed by atoms with Crippen LogP contribution in [0.3, 0.4) is 0 Å². The van der Waals surface area contributed by atoms with E-state index in [0.29, 0.717) is 0 Å². The van der Waals surface area contributed by atoms with Crippen LogP contribution in [-0.2, 0) is 4.74 Å². The summed E-state index contributed by atoms with van der Waals surface area (Å²) in [6.07, 6.45) is 8.32. The molecule has 0 aromatic rings. The summed E-state index contributed by atoms with van der Waals surface area (Å²) in [6.45, 7) is 2.80. The predicted octanol–water partition coefficient (Wildman–Crippen LogP) is 1.02. The second kappa shape index (κ2) is 4.12. The minimum Gasteiger partial charge on any atom is -0.383 e. The molecule has 2 nitrogen and oxygen atoms in total. The summed E-state index contributed by atoms with van der Waals surface area (Å²) >= 11 is 0. The van der Waals surface area contributed by atoms with E-state index in [0.717, 1.165) is 19.7 Å². The standard InChI is InChI=1S/C8H13NO/c1-10-8-7-9-5-3-2-4-6-9/h2-5H,6-8H2,1H3. The lowest BCUT2D eigenvalue weighted by Crippen LogP contribution is -2.22. The Morgan fingerprint density at radius 3 is 3.00 bits per heavy atom. The Morgan fingerprint density at radius 2 is 2.40 bits per heavy atom. The molecule has 56 valence electrons. The zero-order valence-electron chi connectivity index (χ0n) is 6.29. The average Bonchev–Trinajstić information content (AvgIpc) is 2.03. The molecule has 1 aliphatic rings. The Hall–Kier alpha value is -0.760. The fourth-order valence-electron chi connectivity index (χ4n) is 0.881. The van der Waals surface area contributed by atoms with Crippen LogP contribution >= 0.6 is 0 Å². The van der Waals surface area contributed by atoms with Gasteiger partial charge in [0, 0.05) is 20.2 Å². The smallest absolute Gasteiger partial charge is 0.0637 e. The molecular formula is C8H13NO. The second-order valence-electron chi connectivity index (χ2n) is 2.26. The van der Waals surface area contributed by atoms with Crippen LogP contribution in [0.1, 0.15) is 0 Å². The molecule has 1 heterocycles. The van der Waals surface area contributed by atoms with Gasteiger partial charge in [0.15, 0.2) is 0 Å². The van der Waals surface area contributed by atoms with Crippen molar-refractivity contribution in [1.29, 1.82) is 0 Å². The highest BCUT2D eigenvalue weighted by molar-refractivity contribution is 5.08. The summed E-state index contributed by atoms with van der Waals surface area (Å²) in [4.78, 5) is 2.21. The van der Waals surface area contributed by atoms with E-state index in [2.05, 4.69) is 23.3 Å². The van der Waals surface area contributed by atoms with Gasteiger partial charge in [0.1, 0.15) is 0 Å². The van der Waals surface area contributed by atoms with Crippen molar-refractivity contribution in [3.8, 4) is 0 Å². The molecule has 10 heavy (non-hydrogen) atoms. The normalized spacial score (nSPS) is 16.3. The van der Waals surface area contributed by atoms with Gasteiger partial charge in [-0.15, -0.1) is 0 Å². The van der Waals surface area contributed by atoms with E-state index < -0.39 is 0 Å². The van der Waals surface area contributed by atoms with Gasteiger partial charge >= 0.3 is 0 Å². The number of hydrogen-bond acceptors (Lipinski definition) is 2. The summed E-state index contributed by atoms with van der Waals surface area (Å²) < 4.78 is 4.94. The lowest BCUT2D eigenvalue weighted by Gasteiger charge is -2.19. The topological polar surface area (TPSA) is 12.5 Å². The summed E-state index contributed by atoms with van der Waals surface area (Å²) in [6, 6.07) is 0. The van der Waals surface area contributed by atoms with Crippen LogP contribution in [-0.4, -0.2) is 31.7 Å². The predicted molar refractivity (Wildman–Crippen MR) is 41.7 cm³/mol. The average molecular weight is 139 g/mol. The molecule has 0 unspecified atom stereocenters. The Kier molecular flexibility index (Phi) is 3.03. The van der Waals surface area contributed by atoms with Gasteiger partial charge in [-0.3, -0.25) is 0 Å². The van der Waals surface area contributed by atoms with E-state index in [1.54, 1.807) is 7.11 Å². The molecule has 1 aliphatic heterocycles. The van der Waals surface area contributed by atoms with Crippen molar-refractivity contribution in [1.82, 2.24) is 4.90 Å². The summed E-state index contributed by atoms with van der Waals surface area (Å²) in [5, 5.41) is 0. The SMILES string of the molecule is COCCN1C=CC=CC1. The van der Waals surface area contributed by atoms with Crippen molar-refractivity contribution in [2.45, 2.75) is 0 Å². The van der Waals surface area contributed by atoms with E-state index in [9.17, 15) is 0 Å². The Balaban J connectivity index is 2.17. The third-order valence-corrected chi connectivity index (χ3v) is 1.47. The molecule has 0 N–H and O–H groups in total. The van der Waals surface area contributed by atoms with E-state index in [-0.39, 0.29) is 0 Å². The van der Waals surface area contributed by atoms with Crippen molar-refractivity contribution < 1.29 is 4.74 Å². The highest BCUT2D eigenvalue weighted by atomic mass is 16.5. The van der Waals surface area contributed by atoms with Gasteiger partial charge in [-0.2, -0.15) is 0 Å². The molecule has 1 rings (SSSR count). The Morgan fingerprint density at radius 1 is 1.50 bits per heavy atom. The molecule has 0 fully saturated rings. The first-order valence-corrected chi connectivity index (χ1v) is 3.50. The van der Waals surface area contributed by atoms with E-state index in [1.807, 2.05) is 6.08 Å². The van der Waals surface area contributed by atoms with Crippen molar-refractivity contribution in [3.05, 3.63) is 24.4 Å². The zero-order chi connectivity index (χ0) is 7.23. The molecule has 0 bridgehead atoms. The van der Waals surface area contributed by atoms with Crippen LogP contribution in [0.2, 0.25) is 0 Å². The largest absolute Gasteiger partial charge is 0.383 e. The number of hydrogen-bond donors (Lipinski definition) is 0. The molecule has 2 heteroatoms. The van der Waals surface area contributed by atoms with Crippen LogP contribution in [0.5, 0.6) is 0 Å². The van der Waals surface area contributed by atoms with Crippen LogP contribution in [0.15, 0.2) is 24.4 Å². The minimum atomic E-state index is 0.804. The molecule has 0 spiro atoms. The van der Waals surface area contributed by atoms with Gasteiger partial charge in [0.2, 0.25) is 0 Å². The highest BCUT2D eigenvalue weighted by Crippen LogP contribution is 1.96. The monoisotopic (exact) mass is 139 g/mol.